The van der Waals surface area contributed by atoms with Gasteiger partial charge in [0.1, 0.15) is 0 Å². The van der Waals surface area contributed by atoms with E-state index < -0.39 is 0 Å². The minimum absolute atomic E-state index is 0.0370. The molecule has 0 rings (SSSR count). The molecule has 0 aliphatic rings. The molecule has 0 aliphatic heterocycles. The molecule has 0 saturated carbocycles. The highest BCUT2D eigenvalue weighted by molar-refractivity contribution is 5.85. The summed E-state index contributed by atoms with van der Waals surface area (Å²) in [7, 11) is 0. The summed E-state index contributed by atoms with van der Waals surface area (Å²) < 4.78 is 0. The van der Waals surface area contributed by atoms with Crippen molar-refractivity contribution in [3.63, 3.8) is 0 Å². The molecule has 0 heterocycles. The SMILES string of the molecule is CC(C)C[C@@H](NC(C)C)C(=O)C(C)C. The lowest BCUT2D eigenvalue weighted by Crippen LogP contribution is -2.43. The normalized spacial score (nSPS) is 14.1. The van der Waals surface area contributed by atoms with Gasteiger partial charge in [-0.2, -0.15) is 0 Å². The topological polar surface area (TPSA) is 29.1 Å². The maximum absolute atomic E-state index is 11.9. The Hall–Kier alpha value is -0.370. The fourth-order valence-corrected chi connectivity index (χ4v) is 1.54. The Kier molecular flexibility index (Phi) is 6.01. The molecule has 0 aromatic rings. The van der Waals surface area contributed by atoms with Crippen molar-refractivity contribution in [2.24, 2.45) is 11.8 Å². The van der Waals surface area contributed by atoms with Gasteiger partial charge in [0.25, 0.3) is 0 Å². The van der Waals surface area contributed by atoms with E-state index in [1.54, 1.807) is 0 Å². The molecule has 0 aromatic carbocycles. The Morgan fingerprint density at radius 1 is 1.07 bits per heavy atom. The van der Waals surface area contributed by atoms with Gasteiger partial charge in [0.15, 0.2) is 5.78 Å². The van der Waals surface area contributed by atoms with Crippen molar-refractivity contribution in [2.75, 3.05) is 0 Å². The fraction of sp³-hybridized carbons (Fsp3) is 0.917. The smallest absolute Gasteiger partial charge is 0.152 e. The maximum Gasteiger partial charge on any atom is 0.152 e. The van der Waals surface area contributed by atoms with Gasteiger partial charge in [-0.3, -0.25) is 4.79 Å². The van der Waals surface area contributed by atoms with Crippen molar-refractivity contribution in [3.05, 3.63) is 0 Å². The van der Waals surface area contributed by atoms with Crippen molar-refractivity contribution in [1.29, 1.82) is 0 Å². The third-order valence-electron chi connectivity index (χ3n) is 2.15. The van der Waals surface area contributed by atoms with Gasteiger partial charge in [0.05, 0.1) is 6.04 Å². The first-order chi connectivity index (χ1) is 6.34. The largest absolute Gasteiger partial charge is 0.305 e. The molecule has 0 amide bonds. The molecule has 14 heavy (non-hydrogen) atoms. The number of ketones is 1. The summed E-state index contributed by atoms with van der Waals surface area (Å²) in [6, 6.07) is 0.413. The van der Waals surface area contributed by atoms with Gasteiger partial charge in [-0.15, -0.1) is 0 Å². The average molecular weight is 199 g/mol. The van der Waals surface area contributed by atoms with E-state index in [1.165, 1.54) is 0 Å². The Morgan fingerprint density at radius 3 is 1.86 bits per heavy atom. The second kappa shape index (κ2) is 6.18. The van der Waals surface area contributed by atoms with Crippen molar-refractivity contribution in [2.45, 2.75) is 60.0 Å². The number of nitrogens with one attached hydrogen (secondary N) is 1. The summed E-state index contributed by atoms with van der Waals surface area (Å²) >= 11 is 0. The van der Waals surface area contributed by atoms with Crippen LogP contribution in [-0.4, -0.2) is 17.9 Å². The van der Waals surface area contributed by atoms with Crippen LogP contribution in [0.2, 0.25) is 0 Å². The highest BCUT2D eigenvalue weighted by Crippen LogP contribution is 2.10. The molecule has 84 valence electrons. The molecular weight excluding hydrogens is 174 g/mol. The van der Waals surface area contributed by atoms with E-state index in [1.807, 2.05) is 13.8 Å². The molecule has 2 nitrogen and oxygen atoms in total. The highest BCUT2D eigenvalue weighted by atomic mass is 16.1. The lowest BCUT2D eigenvalue weighted by molar-refractivity contribution is -0.124. The molecule has 0 saturated heterocycles. The first-order valence-electron chi connectivity index (χ1n) is 5.64. The zero-order chi connectivity index (χ0) is 11.3. The van der Waals surface area contributed by atoms with Crippen molar-refractivity contribution < 1.29 is 4.79 Å². The summed E-state index contributed by atoms with van der Waals surface area (Å²) in [5.74, 6) is 1.03. The van der Waals surface area contributed by atoms with E-state index >= 15 is 0 Å². The van der Waals surface area contributed by atoms with Crippen molar-refractivity contribution in [1.82, 2.24) is 5.32 Å². The van der Waals surface area contributed by atoms with Crippen LogP contribution in [0.3, 0.4) is 0 Å². The molecule has 0 radical (unpaired) electrons. The van der Waals surface area contributed by atoms with Crippen LogP contribution in [0.25, 0.3) is 0 Å². The van der Waals surface area contributed by atoms with Gasteiger partial charge in [-0.05, 0) is 12.3 Å². The Labute approximate surface area is 88.5 Å². The van der Waals surface area contributed by atoms with Gasteiger partial charge in [-0.25, -0.2) is 0 Å². The number of Topliss-reactive ketones (excluding diaryl/α,β-unsaturated/α-hetero) is 1. The third-order valence-corrected chi connectivity index (χ3v) is 2.15. The Balaban J connectivity index is 4.31. The molecule has 1 N–H and O–H groups in total. The standard InChI is InChI=1S/C12H25NO/c1-8(2)7-11(13-10(5)6)12(14)9(3)4/h8-11,13H,7H2,1-6H3/t11-/m1/s1. The molecule has 0 unspecified atom stereocenters. The predicted octanol–water partition coefficient (Wildman–Crippen LogP) is 2.62. The molecule has 0 aliphatic carbocycles. The summed E-state index contributed by atoms with van der Waals surface area (Å²) in [4.78, 5) is 11.9. The van der Waals surface area contributed by atoms with Gasteiger partial charge >= 0.3 is 0 Å². The number of hydrogen-bond acceptors (Lipinski definition) is 2. The first kappa shape index (κ1) is 13.6. The van der Waals surface area contributed by atoms with Gasteiger partial charge < -0.3 is 5.32 Å². The van der Waals surface area contributed by atoms with Crippen LogP contribution >= 0.6 is 0 Å². The molecule has 2 heteroatoms. The number of rotatable bonds is 6. The fourth-order valence-electron chi connectivity index (χ4n) is 1.54. The molecule has 0 spiro atoms. The van der Waals surface area contributed by atoms with Crippen LogP contribution in [0.15, 0.2) is 0 Å². The zero-order valence-corrected chi connectivity index (χ0v) is 10.4. The summed E-state index contributed by atoms with van der Waals surface area (Å²) in [6.07, 6.45) is 0.940. The highest BCUT2D eigenvalue weighted by Gasteiger charge is 2.22. The van der Waals surface area contributed by atoms with E-state index in [9.17, 15) is 4.79 Å². The number of hydrogen-bond donors (Lipinski definition) is 1. The molecule has 1 atom stereocenters. The summed E-state index contributed by atoms with van der Waals surface area (Å²) in [5, 5.41) is 3.34. The van der Waals surface area contributed by atoms with Crippen molar-refractivity contribution >= 4 is 5.78 Å². The molecular formula is C12H25NO. The van der Waals surface area contributed by atoms with E-state index in [2.05, 4.69) is 33.0 Å². The van der Waals surface area contributed by atoms with E-state index in [-0.39, 0.29) is 12.0 Å². The van der Waals surface area contributed by atoms with Crippen LogP contribution in [-0.2, 0) is 4.79 Å². The molecule has 0 bridgehead atoms. The van der Waals surface area contributed by atoms with Gasteiger partial charge in [0.2, 0.25) is 0 Å². The minimum Gasteiger partial charge on any atom is -0.305 e. The predicted molar refractivity (Wildman–Crippen MR) is 61.4 cm³/mol. The van der Waals surface area contributed by atoms with Gasteiger partial charge in [0, 0.05) is 12.0 Å². The third kappa shape index (κ3) is 5.38. The van der Waals surface area contributed by atoms with Gasteiger partial charge in [-0.1, -0.05) is 41.5 Å². The zero-order valence-electron chi connectivity index (χ0n) is 10.4. The summed E-state index contributed by atoms with van der Waals surface area (Å²) in [5.41, 5.74) is 0. The molecule has 0 aromatic heterocycles. The lowest BCUT2D eigenvalue weighted by Gasteiger charge is -2.23. The first-order valence-corrected chi connectivity index (χ1v) is 5.64. The molecule has 0 fully saturated rings. The average Bonchev–Trinajstić information content (AvgIpc) is 1.99. The second-order valence-electron chi connectivity index (χ2n) is 5.06. The van der Waals surface area contributed by atoms with E-state index in [0.29, 0.717) is 17.7 Å². The van der Waals surface area contributed by atoms with Crippen LogP contribution in [0.1, 0.15) is 48.0 Å². The van der Waals surface area contributed by atoms with Crippen LogP contribution in [0, 0.1) is 11.8 Å². The quantitative estimate of drug-likeness (QED) is 0.712. The summed E-state index contributed by atoms with van der Waals surface area (Å²) in [6.45, 7) is 12.4. The van der Waals surface area contributed by atoms with Crippen LogP contribution < -0.4 is 5.32 Å². The lowest BCUT2D eigenvalue weighted by atomic mass is 9.94. The minimum atomic E-state index is 0.0370. The number of carbonyl (C=O) groups is 1. The maximum atomic E-state index is 11.9. The monoisotopic (exact) mass is 199 g/mol. The van der Waals surface area contributed by atoms with E-state index in [4.69, 9.17) is 0 Å². The van der Waals surface area contributed by atoms with Crippen LogP contribution in [0.4, 0.5) is 0 Å². The number of carbonyl (C=O) groups excluding carboxylic acids is 1. The van der Waals surface area contributed by atoms with Crippen LogP contribution in [0.5, 0.6) is 0 Å². The Morgan fingerprint density at radius 2 is 1.57 bits per heavy atom. The Bertz CT molecular complexity index is 163. The van der Waals surface area contributed by atoms with Crippen molar-refractivity contribution in [3.8, 4) is 0 Å². The van der Waals surface area contributed by atoms with E-state index in [0.717, 1.165) is 6.42 Å². The second-order valence-corrected chi connectivity index (χ2v) is 5.06.